The van der Waals surface area contributed by atoms with E-state index in [0.717, 1.165) is 103 Å². The van der Waals surface area contributed by atoms with Crippen LogP contribution in [0.3, 0.4) is 0 Å². The van der Waals surface area contributed by atoms with Gasteiger partial charge >= 0.3 is 6.16 Å². The molecule has 178 valence electrons. The van der Waals surface area contributed by atoms with Gasteiger partial charge in [-0.15, -0.1) is 0 Å². The number of fused-ring (bicyclic) bond motifs is 23. The van der Waals surface area contributed by atoms with Crippen molar-refractivity contribution >= 4 is 6.16 Å². The largest absolute Gasteiger partial charge is 0.511 e. The van der Waals surface area contributed by atoms with Crippen LogP contribution in [0.5, 0.6) is 0 Å². The lowest BCUT2D eigenvalue weighted by molar-refractivity contribution is -0.165. The van der Waals surface area contributed by atoms with Crippen molar-refractivity contribution in [2.24, 2.45) is 82.9 Å². The van der Waals surface area contributed by atoms with Gasteiger partial charge in [0.1, 0.15) is 5.60 Å². The summed E-state index contributed by atoms with van der Waals surface area (Å²) in [5, 5.41) is 0. The van der Waals surface area contributed by atoms with Crippen LogP contribution in [0.25, 0.3) is 0 Å². The average molecular weight is 451 g/mol. The first-order valence-corrected chi connectivity index (χ1v) is 14.3. The van der Waals surface area contributed by atoms with Gasteiger partial charge in [-0.1, -0.05) is 12.2 Å². The van der Waals surface area contributed by atoms with Gasteiger partial charge in [-0.2, -0.15) is 0 Å². The molecule has 0 amide bonds. The highest BCUT2D eigenvalue weighted by Crippen LogP contribution is 2.81. The topological polar surface area (TPSA) is 44.8 Å². The van der Waals surface area contributed by atoms with Gasteiger partial charge in [-0.3, -0.25) is 0 Å². The number of ether oxygens (including phenoxy) is 3. The number of rotatable bonds is 2. The first-order valence-electron chi connectivity index (χ1n) is 14.3. The van der Waals surface area contributed by atoms with Crippen LogP contribution in [0, 0.1) is 82.9 Å². The lowest BCUT2D eigenvalue weighted by Gasteiger charge is -2.52. The smallest absolute Gasteiger partial charge is 0.428 e. The zero-order chi connectivity index (χ0) is 21.6. The molecule has 8 aliphatic carbocycles. The summed E-state index contributed by atoms with van der Waals surface area (Å²) in [5.41, 5.74) is -0.327. The molecule has 0 aromatic carbocycles. The molecule has 0 aromatic heterocycles. The number of carbonyl (C=O) groups is 1. The summed E-state index contributed by atoms with van der Waals surface area (Å²) in [5.74, 6) is 13.0. The highest BCUT2D eigenvalue weighted by molar-refractivity contribution is 5.61. The fourth-order valence-corrected chi connectivity index (χ4v) is 13.0. The van der Waals surface area contributed by atoms with E-state index in [1.165, 1.54) is 19.3 Å². The molecule has 1 saturated heterocycles. The minimum absolute atomic E-state index is 0.327. The van der Waals surface area contributed by atoms with Gasteiger partial charge in [-0.05, 0) is 129 Å². The zero-order valence-electron chi connectivity index (χ0n) is 19.8. The summed E-state index contributed by atoms with van der Waals surface area (Å²) in [6, 6.07) is 0. The molecule has 16 atom stereocenters. The highest BCUT2D eigenvalue weighted by Gasteiger charge is 2.77. The Morgan fingerprint density at radius 2 is 1.55 bits per heavy atom. The van der Waals surface area contributed by atoms with E-state index in [9.17, 15) is 4.79 Å². The van der Waals surface area contributed by atoms with Crippen LogP contribution >= 0.6 is 0 Å². The maximum Gasteiger partial charge on any atom is 0.511 e. The van der Waals surface area contributed by atoms with Crippen molar-refractivity contribution < 1.29 is 19.0 Å². The van der Waals surface area contributed by atoms with Crippen LogP contribution in [-0.4, -0.2) is 24.7 Å². The summed E-state index contributed by atoms with van der Waals surface area (Å²) in [6.07, 6.45) is 14.2. The molecule has 33 heavy (non-hydrogen) atoms. The lowest BCUT2D eigenvalue weighted by atomic mass is 9.54. The summed E-state index contributed by atoms with van der Waals surface area (Å²) in [4.78, 5) is 12.8. The molecule has 1 aliphatic heterocycles. The second-order valence-corrected chi connectivity index (χ2v) is 13.9. The Hall–Kier alpha value is -1.03. The van der Waals surface area contributed by atoms with Crippen LogP contribution in [0.4, 0.5) is 4.79 Å². The number of hydrogen-bond acceptors (Lipinski definition) is 4. The van der Waals surface area contributed by atoms with Crippen LogP contribution < -0.4 is 0 Å². The van der Waals surface area contributed by atoms with Crippen molar-refractivity contribution in [1.82, 2.24) is 0 Å². The van der Waals surface area contributed by atoms with Crippen LogP contribution in [0.2, 0.25) is 0 Å². The fourth-order valence-electron chi connectivity index (χ4n) is 13.0. The quantitative estimate of drug-likeness (QED) is 0.309. The molecular weight excluding hydrogens is 412 g/mol. The molecule has 7 saturated carbocycles. The zero-order valence-corrected chi connectivity index (χ0v) is 19.8. The van der Waals surface area contributed by atoms with Crippen molar-refractivity contribution in [2.45, 2.75) is 70.2 Å². The maximum absolute atomic E-state index is 12.8. The van der Waals surface area contributed by atoms with Crippen molar-refractivity contribution in [1.29, 1.82) is 0 Å². The Morgan fingerprint density at radius 3 is 2.24 bits per heavy atom. The number of hydrogen-bond donors (Lipinski definition) is 0. The Labute approximate surface area is 197 Å². The highest BCUT2D eigenvalue weighted by atomic mass is 16.8. The van der Waals surface area contributed by atoms with E-state index in [2.05, 4.69) is 19.1 Å². The van der Waals surface area contributed by atoms with E-state index in [4.69, 9.17) is 14.2 Å². The Bertz CT molecular complexity index is 923. The second kappa shape index (κ2) is 6.20. The second-order valence-electron chi connectivity index (χ2n) is 13.9. The van der Waals surface area contributed by atoms with Gasteiger partial charge in [-0.25, -0.2) is 4.79 Å². The lowest BCUT2D eigenvalue weighted by Crippen LogP contribution is -2.51. The van der Waals surface area contributed by atoms with Crippen LogP contribution in [-0.2, 0) is 14.2 Å². The predicted octanol–water partition coefficient (Wildman–Crippen LogP) is 5.67. The van der Waals surface area contributed by atoms with Gasteiger partial charge in [0.25, 0.3) is 0 Å². The fraction of sp³-hybridized carbons (Fsp3) is 0.897. The molecular formula is C29H38O4. The monoisotopic (exact) mass is 450 g/mol. The van der Waals surface area contributed by atoms with Crippen molar-refractivity contribution in [3.05, 3.63) is 12.2 Å². The molecule has 16 unspecified atom stereocenters. The third-order valence-corrected chi connectivity index (χ3v) is 13.2. The predicted molar refractivity (Wildman–Crippen MR) is 121 cm³/mol. The van der Waals surface area contributed by atoms with Gasteiger partial charge in [0.2, 0.25) is 6.29 Å². The Balaban J connectivity index is 0.966. The average Bonchev–Trinajstić information content (AvgIpc) is 3.63. The summed E-state index contributed by atoms with van der Waals surface area (Å²) in [7, 11) is 0. The van der Waals surface area contributed by atoms with Gasteiger partial charge in [0, 0.05) is 12.3 Å². The molecule has 0 N–H and O–H groups in total. The normalized spacial score (nSPS) is 64.3. The summed E-state index contributed by atoms with van der Waals surface area (Å²) in [6.45, 7) is 2.93. The Kier molecular flexibility index (Phi) is 3.61. The van der Waals surface area contributed by atoms with E-state index in [0.29, 0.717) is 12.5 Å². The van der Waals surface area contributed by atoms with Crippen molar-refractivity contribution in [3.63, 3.8) is 0 Å². The van der Waals surface area contributed by atoms with E-state index < -0.39 is 12.4 Å². The molecule has 0 radical (unpaired) electrons. The molecule has 8 fully saturated rings. The maximum atomic E-state index is 12.8. The van der Waals surface area contributed by atoms with Crippen molar-refractivity contribution in [2.75, 3.05) is 6.61 Å². The first kappa shape index (κ1) is 19.2. The van der Waals surface area contributed by atoms with Crippen LogP contribution in [0.1, 0.15) is 58.3 Å². The number of allylic oxidation sites excluding steroid dienone is 2. The van der Waals surface area contributed by atoms with Crippen LogP contribution in [0.15, 0.2) is 12.2 Å². The molecule has 8 bridgehead atoms. The van der Waals surface area contributed by atoms with E-state index in [-0.39, 0.29) is 5.60 Å². The number of carbonyl (C=O) groups excluding carboxylic acids is 1. The Morgan fingerprint density at radius 1 is 0.848 bits per heavy atom. The SMILES string of the molecule is CC1(OC(=O)OC2CCCCO2)CC2CC1C1C3CC(C21)C1C2CC(C4C5C=CC(C5)C24)C31. The molecule has 9 aliphatic rings. The molecule has 0 aromatic rings. The minimum Gasteiger partial charge on any atom is -0.428 e. The summed E-state index contributed by atoms with van der Waals surface area (Å²) < 4.78 is 17.4. The molecule has 0 spiro atoms. The third-order valence-electron chi connectivity index (χ3n) is 13.2. The molecule has 4 heteroatoms. The van der Waals surface area contributed by atoms with Gasteiger partial charge in [0.05, 0.1) is 6.61 Å². The van der Waals surface area contributed by atoms with E-state index >= 15 is 0 Å². The van der Waals surface area contributed by atoms with Crippen molar-refractivity contribution in [3.8, 4) is 0 Å². The van der Waals surface area contributed by atoms with Gasteiger partial charge < -0.3 is 14.2 Å². The summed E-state index contributed by atoms with van der Waals surface area (Å²) >= 11 is 0. The van der Waals surface area contributed by atoms with E-state index in [1.54, 1.807) is 6.42 Å². The standard InChI is InChI=1S/C29H38O4/c1-29(33-28(30)32-21-4-2-3-7-31-21)12-15-9-20(29)27-19-11-18(24(15)27)25-16-10-17(26(19)25)23-14-6-5-13(8-14)22(16)23/h5-6,13-27H,2-4,7-12H2,1H3. The minimum atomic E-state index is -0.480. The van der Waals surface area contributed by atoms with E-state index in [1.807, 2.05) is 0 Å². The first-order chi connectivity index (χ1) is 16.1. The molecule has 1 heterocycles. The van der Waals surface area contributed by atoms with Gasteiger partial charge in [0.15, 0.2) is 0 Å². The molecule has 9 rings (SSSR count). The molecule has 4 nitrogen and oxygen atoms in total. The third kappa shape index (κ3) is 2.23.